The van der Waals surface area contributed by atoms with Gasteiger partial charge in [0.05, 0.1) is 5.56 Å². The van der Waals surface area contributed by atoms with Crippen LogP contribution in [-0.4, -0.2) is 11.0 Å². The van der Waals surface area contributed by atoms with Crippen molar-refractivity contribution in [3.05, 3.63) is 57.0 Å². The standard InChI is InChI=1S/C13H9Br2NO2/c14-9-6-7-10(17)11(12(9)15)13(18)16-8-4-2-1-3-5-8/h1-7,17H,(H,16,18). The Morgan fingerprint density at radius 3 is 2.39 bits per heavy atom. The molecule has 0 radical (unpaired) electrons. The van der Waals surface area contributed by atoms with Crippen molar-refractivity contribution in [2.45, 2.75) is 0 Å². The number of carbonyl (C=O) groups excluding carboxylic acids is 1. The summed E-state index contributed by atoms with van der Waals surface area (Å²) in [4.78, 5) is 12.1. The van der Waals surface area contributed by atoms with Crippen molar-refractivity contribution in [3.63, 3.8) is 0 Å². The van der Waals surface area contributed by atoms with Gasteiger partial charge in [-0.15, -0.1) is 0 Å². The lowest BCUT2D eigenvalue weighted by Gasteiger charge is -2.09. The number of nitrogens with one attached hydrogen (secondary N) is 1. The minimum Gasteiger partial charge on any atom is -0.507 e. The second-order valence-corrected chi connectivity index (χ2v) is 5.22. The van der Waals surface area contributed by atoms with Gasteiger partial charge in [-0.25, -0.2) is 0 Å². The summed E-state index contributed by atoms with van der Waals surface area (Å²) in [6.07, 6.45) is 0. The maximum atomic E-state index is 12.1. The zero-order valence-electron chi connectivity index (χ0n) is 9.15. The van der Waals surface area contributed by atoms with E-state index in [2.05, 4.69) is 37.2 Å². The summed E-state index contributed by atoms with van der Waals surface area (Å²) in [5.41, 5.74) is 0.877. The van der Waals surface area contributed by atoms with Crippen LogP contribution in [-0.2, 0) is 0 Å². The maximum Gasteiger partial charge on any atom is 0.260 e. The lowest BCUT2D eigenvalue weighted by molar-refractivity contribution is 0.102. The number of rotatable bonds is 2. The van der Waals surface area contributed by atoms with Gasteiger partial charge in [-0.05, 0) is 56.1 Å². The number of phenolic OH excluding ortho intramolecular Hbond substituents is 1. The molecule has 3 nitrogen and oxygen atoms in total. The van der Waals surface area contributed by atoms with Gasteiger partial charge in [0, 0.05) is 14.6 Å². The topological polar surface area (TPSA) is 49.3 Å². The Morgan fingerprint density at radius 1 is 1.06 bits per heavy atom. The van der Waals surface area contributed by atoms with Crippen LogP contribution in [0.4, 0.5) is 5.69 Å². The highest BCUT2D eigenvalue weighted by Gasteiger charge is 2.17. The van der Waals surface area contributed by atoms with Gasteiger partial charge in [-0.3, -0.25) is 4.79 Å². The molecule has 0 aliphatic rings. The summed E-state index contributed by atoms with van der Waals surface area (Å²) in [5.74, 6) is -0.439. The molecule has 0 atom stereocenters. The Bertz CT molecular complexity index is 585. The van der Waals surface area contributed by atoms with E-state index in [0.29, 0.717) is 14.6 Å². The zero-order valence-corrected chi connectivity index (χ0v) is 12.3. The molecule has 18 heavy (non-hydrogen) atoms. The quantitative estimate of drug-likeness (QED) is 0.833. The molecule has 0 heterocycles. The average Bonchev–Trinajstić information content (AvgIpc) is 2.36. The summed E-state index contributed by atoms with van der Waals surface area (Å²) < 4.78 is 1.23. The molecule has 2 aromatic rings. The Labute approximate surface area is 121 Å². The van der Waals surface area contributed by atoms with Crippen molar-refractivity contribution < 1.29 is 9.90 Å². The molecule has 0 fully saturated rings. The van der Waals surface area contributed by atoms with E-state index in [1.165, 1.54) is 6.07 Å². The van der Waals surface area contributed by atoms with Crippen LogP contribution in [0.5, 0.6) is 5.75 Å². The smallest absolute Gasteiger partial charge is 0.260 e. The first kappa shape index (κ1) is 13.1. The molecule has 2 rings (SSSR count). The fourth-order valence-corrected chi connectivity index (χ4v) is 2.32. The molecule has 0 aliphatic carbocycles. The van der Waals surface area contributed by atoms with E-state index in [0.717, 1.165) is 0 Å². The molecule has 0 unspecified atom stereocenters. The number of benzene rings is 2. The van der Waals surface area contributed by atoms with Gasteiger partial charge in [0.25, 0.3) is 5.91 Å². The minimum atomic E-state index is -0.369. The zero-order chi connectivity index (χ0) is 13.1. The third-order valence-electron chi connectivity index (χ3n) is 2.33. The fourth-order valence-electron chi connectivity index (χ4n) is 1.47. The summed E-state index contributed by atoms with van der Waals surface area (Å²) in [7, 11) is 0. The number of carbonyl (C=O) groups is 1. The van der Waals surface area contributed by atoms with Gasteiger partial charge in [0.15, 0.2) is 0 Å². The largest absolute Gasteiger partial charge is 0.507 e. The van der Waals surface area contributed by atoms with E-state index in [4.69, 9.17) is 0 Å². The SMILES string of the molecule is O=C(Nc1ccccc1)c1c(O)ccc(Br)c1Br. The Balaban J connectivity index is 2.33. The van der Waals surface area contributed by atoms with Crippen molar-refractivity contribution in [1.29, 1.82) is 0 Å². The van der Waals surface area contributed by atoms with Crippen molar-refractivity contribution in [3.8, 4) is 5.75 Å². The molecule has 0 bridgehead atoms. The number of para-hydroxylation sites is 1. The van der Waals surface area contributed by atoms with Crippen molar-refractivity contribution in [2.24, 2.45) is 0 Å². The molecule has 0 saturated carbocycles. The second kappa shape index (κ2) is 5.54. The Hall–Kier alpha value is -1.33. The van der Waals surface area contributed by atoms with Crippen molar-refractivity contribution in [1.82, 2.24) is 0 Å². The third kappa shape index (κ3) is 2.73. The van der Waals surface area contributed by atoms with Gasteiger partial charge in [0.1, 0.15) is 5.75 Å². The number of hydrogen-bond donors (Lipinski definition) is 2. The lowest BCUT2D eigenvalue weighted by Crippen LogP contribution is -2.12. The van der Waals surface area contributed by atoms with Crippen LogP contribution < -0.4 is 5.32 Å². The molecular weight excluding hydrogens is 362 g/mol. The highest BCUT2D eigenvalue weighted by atomic mass is 79.9. The van der Waals surface area contributed by atoms with Gasteiger partial charge in [-0.2, -0.15) is 0 Å². The van der Waals surface area contributed by atoms with E-state index in [1.54, 1.807) is 18.2 Å². The molecule has 0 aliphatic heterocycles. The number of amides is 1. The normalized spacial score (nSPS) is 10.1. The van der Waals surface area contributed by atoms with Gasteiger partial charge in [-0.1, -0.05) is 18.2 Å². The summed E-state index contributed by atoms with van der Waals surface area (Å²) in [6.45, 7) is 0. The monoisotopic (exact) mass is 369 g/mol. The van der Waals surface area contributed by atoms with Gasteiger partial charge >= 0.3 is 0 Å². The van der Waals surface area contributed by atoms with Crippen LogP contribution >= 0.6 is 31.9 Å². The minimum absolute atomic E-state index is 0.0708. The molecule has 2 aromatic carbocycles. The van der Waals surface area contributed by atoms with E-state index in [-0.39, 0.29) is 17.2 Å². The summed E-state index contributed by atoms with van der Waals surface area (Å²) in [6, 6.07) is 12.2. The lowest BCUT2D eigenvalue weighted by atomic mass is 10.2. The van der Waals surface area contributed by atoms with Crippen LogP contribution in [0, 0.1) is 0 Å². The average molecular weight is 371 g/mol. The van der Waals surface area contributed by atoms with Crippen LogP contribution in [0.15, 0.2) is 51.4 Å². The van der Waals surface area contributed by atoms with E-state index >= 15 is 0 Å². The molecule has 2 N–H and O–H groups in total. The summed E-state index contributed by atoms with van der Waals surface area (Å²) in [5, 5.41) is 12.5. The number of phenols is 1. The highest BCUT2D eigenvalue weighted by Crippen LogP contribution is 2.33. The first-order valence-electron chi connectivity index (χ1n) is 5.13. The molecule has 5 heteroatoms. The summed E-state index contributed by atoms with van der Waals surface area (Å²) >= 11 is 6.57. The van der Waals surface area contributed by atoms with Crippen molar-refractivity contribution in [2.75, 3.05) is 5.32 Å². The van der Waals surface area contributed by atoms with E-state index < -0.39 is 0 Å². The molecule has 0 aromatic heterocycles. The van der Waals surface area contributed by atoms with Crippen LogP contribution in [0.1, 0.15) is 10.4 Å². The molecule has 92 valence electrons. The fraction of sp³-hybridized carbons (Fsp3) is 0. The van der Waals surface area contributed by atoms with Crippen LogP contribution in [0.2, 0.25) is 0 Å². The number of aromatic hydroxyl groups is 1. The maximum absolute atomic E-state index is 12.1. The van der Waals surface area contributed by atoms with E-state index in [9.17, 15) is 9.90 Å². The van der Waals surface area contributed by atoms with E-state index in [1.807, 2.05) is 18.2 Å². The van der Waals surface area contributed by atoms with Crippen LogP contribution in [0.25, 0.3) is 0 Å². The van der Waals surface area contributed by atoms with Gasteiger partial charge < -0.3 is 10.4 Å². The Morgan fingerprint density at radius 2 is 1.72 bits per heavy atom. The second-order valence-electron chi connectivity index (χ2n) is 3.58. The van der Waals surface area contributed by atoms with Crippen molar-refractivity contribution >= 4 is 43.5 Å². The predicted octanol–water partition coefficient (Wildman–Crippen LogP) is 4.17. The molecule has 0 spiro atoms. The molecule has 0 saturated heterocycles. The molecule has 1 amide bonds. The number of hydrogen-bond acceptors (Lipinski definition) is 2. The van der Waals surface area contributed by atoms with Gasteiger partial charge in [0.2, 0.25) is 0 Å². The third-order valence-corrected chi connectivity index (χ3v) is 4.35. The number of halogens is 2. The van der Waals surface area contributed by atoms with Crippen LogP contribution in [0.3, 0.4) is 0 Å². The Kier molecular flexibility index (Phi) is 4.04. The number of anilines is 1. The molecular formula is C13H9Br2NO2. The first-order valence-corrected chi connectivity index (χ1v) is 6.71. The first-order chi connectivity index (χ1) is 8.59. The highest BCUT2D eigenvalue weighted by molar-refractivity contribution is 9.13. The predicted molar refractivity (Wildman–Crippen MR) is 77.9 cm³/mol.